The lowest BCUT2D eigenvalue weighted by Gasteiger charge is -2.20. The number of carbonyl (C=O) groups is 3. The number of benzene rings is 2. The first-order valence-corrected chi connectivity index (χ1v) is 9.75. The van der Waals surface area contributed by atoms with Crippen molar-refractivity contribution in [2.45, 2.75) is 18.1 Å². The Morgan fingerprint density at radius 1 is 0.926 bits per heavy atom. The van der Waals surface area contributed by atoms with E-state index in [1.165, 1.54) is 12.1 Å². The second kappa shape index (κ2) is 7.42. The van der Waals surface area contributed by atoms with Crippen molar-refractivity contribution < 1.29 is 27.4 Å². The van der Waals surface area contributed by atoms with Gasteiger partial charge in [-0.1, -0.05) is 42.5 Å². The van der Waals surface area contributed by atoms with Crippen LogP contribution in [0.15, 0.2) is 54.6 Å². The third kappa shape index (κ3) is 4.12. The highest BCUT2D eigenvalue weighted by Gasteiger charge is 2.39. The fourth-order valence-corrected chi connectivity index (χ4v) is 3.76. The number of amides is 2. The average Bonchev–Trinajstić information content (AvgIpc) is 2.86. The molecule has 7 nitrogen and oxygen atoms in total. The topological polar surface area (TPSA) is 109 Å². The molecule has 2 amide bonds. The molecule has 0 saturated heterocycles. The summed E-state index contributed by atoms with van der Waals surface area (Å²) in [6.07, 6.45) is -0.504. The van der Waals surface area contributed by atoms with Gasteiger partial charge in [0.15, 0.2) is 0 Å². The van der Waals surface area contributed by atoms with Crippen LogP contribution in [0.25, 0.3) is 0 Å². The molecule has 2 aromatic rings. The van der Waals surface area contributed by atoms with Crippen molar-refractivity contribution in [3.8, 4) is 0 Å². The Hall–Kier alpha value is -2.84. The largest absolute Gasteiger partial charge is 0.299 e. The maximum Gasteiger partial charge on any atom is 0.269 e. The summed E-state index contributed by atoms with van der Waals surface area (Å²) in [4.78, 5) is 37.8. The summed E-state index contributed by atoms with van der Waals surface area (Å²) in [5, 5.41) is -1.57. The van der Waals surface area contributed by atoms with E-state index in [4.69, 9.17) is 0 Å². The molecular weight excluding hydrogens is 370 g/mol. The Kier molecular flexibility index (Phi) is 5.20. The Morgan fingerprint density at radius 2 is 1.44 bits per heavy atom. The summed E-state index contributed by atoms with van der Waals surface area (Å²) < 4.78 is 33.0. The SMILES string of the molecule is O=C(Cc1ccccc1)CC(CN1C(=O)c2ccccc2C1=O)S(=O)(=O)O. The van der Waals surface area contributed by atoms with Crippen LogP contribution in [0.4, 0.5) is 0 Å². The normalized spacial score (nSPS) is 14.9. The molecule has 0 radical (unpaired) electrons. The number of Topliss-reactive ketones (excluding diaryl/α,β-unsaturated/α-hetero) is 1. The average molecular weight is 387 g/mol. The molecule has 0 aromatic heterocycles. The zero-order valence-electron chi connectivity index (χ0n) is 14.2. The molecule has 0 saturated carbocycles. The molecule has 8 heteroatoms. The van der Waals surface area contributed by atoms with Crippen LogP contribution in [0.1, 0.15) is 32.7 Å². The smallest absolute Gasteiger partial charge is 0.269 e. The molecule has 2 aromatic carbocycles. The summed E-state index contributed by atoms with van der Waals surface area (Å²) in [5.41, 5.74) is 1.05. The van der Waals surface area contributed by atoms with Gasteiger partial charge < -0.3 is 0 Å². The van der Waals surface area contributed by atoms with E-state index in [1.54, 1.807) is 42.5 Å². The van der Waals surface area contributed by atoms with Crippen LogP contribution in [0.2, 0.25) is 0 Å². The quantitative estimate of drug-likeness (QED) is 0.573. The van der Waals surface area contributed by atoms with Gasteiger partial charge in [0.05, 0.1) is 11.1 Å². The molecule has 140 valence electrons. The van der Waals surface area contributed by atoms with Gasteiger partial charge in [0.25, 0.3) is 21.9 Å². The van der Waals surface area contributed by atoms with Gasteiger partial charge in [0, 0.05) is 19.4 Å². The van der Waals surface area contributed by atoms with Gasteiger partial charge in [-0.15, -0.1) is 0 Å². The molecule has 1 unspecified atom stereocenters. The summed E-state index contributed by atoms with van der Waals surface area (Å²) in [5.74, 6) is -1.69. The van der Waals surface area contributed by atoms with Gasteiger partial charge in [0.2, 0.25) is 0 Å². The van der Waals surface area contributed by atoms with Crippen LogP contribution in [-0.2, 0) is 21.3 Å². The van der Waals surface area contributed by atoms with Crippen LogP contribution in [0.5, 0.6) is 0 Å². The number of ketones is 1. The maximum absolute atomic E-state index is 12.4. The Morgan fingerprint density at radius 3 is 1.96 bits per heavy atom. The molecule has 1 N–H and O–H groups in total. The molecule has 27 heavy (non-hydrogen) atoms. The zero-order valence-corrected chi connectivity index (χ0v) is 15.1. The third-order valence-electron chi connectivity index (χ3n) is 4.39. The standard InChI is InChI=1S/C19H17NO6S/c21-14(10-13-6-2-1-3-7-13)11-15(27(24,25)26)12-20-18(22)16-8-4-5-9-17(16)19(20)23/h1-9,15H,10-12H2,(H,24,25,26). The molecule has 1 atom stereocenters. The van der Waals surface area contributed by atoms with Gasteiger partial charge in [-0.3, -0.25) is 23.8 Å². The molecule has 1 aliphatic heterocycles. The van der Waals surface area contributed by atoms with Crippen molar-refractivity contribution in [3.05, 3.63) is 71.3 Å². The lowest BCUT2D eigenvalue weighted by Crippen LogP contribution is -2.41. The highest BCUT2D eigenvalue weighted by Crippen LogP contribution is 2.24. The zero-order chi connectivity index (χ0) is 19.6. The van der Waals surface area contributed by atoms with E-state index >= 15 is 0 Å². The molecule has 3 rings (SSSR count). The monoisotopic (exact) mass is 387 g/mol. The summed E-state index contributed by atoms with van der Waals surface area (Å²) >= 11 is 0. The van der Waals surface area contributed by atoms with Crippen molar-refractivity contribution in [1.82, 2.24) is 4.90 Å². The first-order valence-electron chi connectivity index (χ1n) is 8.24. The van der Waals surface area contributed by atoms with E-state index in [0.29, 0.717) is 5.56 Å². The number of carbonyl (C=O) groups excluding carboxylic acids is 3. The Balaban J connectivity index is 1.76. The van der Waals surface area contributed by atoms with E-state index in [9.17, 15) is 27.4 Å². The van der Waals surface area contributed by atoms with Crippen LogP contribution in [0.3, 0.4) is 0 Å². The maximum atomic E-state index is 12.4. The van der Waals surface area contributed by atoms with Crippen molar-refractivity contribution in [1.29, 1.82) is 0 Å². The van der Waals surface area contributed by atoms with Gasteiger partial charge in [-0.05, 0) is 17.7 Å². The fraction of sp³-hybridized carbons (Fsp3) is 0.211. The highest BCUT2D eigenvalue weighted by atomic mass is 32.2. The summed E-state index contributed by atoms with van der Waals surface area (Å²) in [7, 11) is -4.64. The van der Waals surface area contributed by atoms with Crippen molar-refractivity contribution in [3.63, 3.8) is 0 Å². The van der Waals surface area contributed by atoms with Crippen LogP contribution < -0.4 is 0 Å². The van der Waals surface area contributed by atoms with Crippen molar-refractivity contribution in [2.75, 3.05) is 6.54 Å². The second-order valence-electron chi connectivity index (χ2n) is 6.31. The van der Waals surface area contributed by atoms with E-state index in [2.05, 4.69) is 0 Å². The Bertz CT molecular complexity index is 965. The molecule has 0 bridgehead atoms. The summed E-state index contributed by atoms with van der Waals surface area (Å²) in [6.45, 7) is -0.578. The van der Waals surface area contributed by atoms with Crippen LogP contribution in [-0.4, -0.2) is 47.3 Å². The third-order valence-corrected chi connectivity index (χ3v) is 5.54. The lowest BCUT2D eigenvalue weighted by molar-refractivity contribution is -0.118. The van der Waals surface area contributed by atoms with Gasteiger partial charge >= 0.3 is 0 Å². The highest BCUT2D eigenvalue weighted by molar-refractivity contribution is 7.86. The van der Waals surface area contributed by atoms with E-state index < -0.39 is 45.9 Å². The van der Waals surface area contributed by atoms with Crippen LogP contribution >= 0.6 is 0 Å². The number of nitrogens with zero attached hydrogens (tertiary/aromatic N) is 1. The van der Waals surface area contributed by atoms with Crippen molar-refractivity contribution in [2.24, 2.45) is 0 Å². The molecule has 0 fully saturated rings. The van der Waals surface area contributed by atoms with E-state index in [-0.39, 0.29) is 17.5 Å². The summed E-state index contributed by atoms with van der Waals surface area (Å²) in [6, 6.07) is 14.9. The van der Waals surface area contributed by atoms with Gasteiger partial charge in [-0.2, -0.15) is 8.42 Å². The molecule has 1 aliphatic rings. The fourth-order valence-electron chi connectivity index (χ4n) is 3.02. The lowest BCUT2D eigenvalue weighted by atomic mass is 10.1. The first kappa shape index (κ1) is 18.9. The molecule has 1 heterocycles. The van der Waals surface area contributed by atoms with E-state index in [0.717, 1.165) is 4.90 Å². The predicted molar refractivity (Wildman–Crippen MR) is 96.9 cm³/mol. The number of rotatable bonds is 7. The minimum atomic E-state index is -4.64. The number of imide groups is 1. The second-order valence-corrected chi connectivity index (χ2v) is 8.01. The van der Waals surface area contributed by atoms with Gasteiger partial charge in [0.1, 0.15) is 11.0 Å². The first-order chi connectivity index (χ1) is 12.8. The molecule has 0 spiro atoms. The van der Waals surface area contributed by atoms with Crippen LogP contribution in [0, 0.1) is 0 Å². The van der Waals surface area contributed by atoms with Gasteiger partial charge in [-0.25, -0.2) is 0 Å². The Labute approximate surface area is 156 Å². The minimum absolute atomic E-state index is 0.00498. The predicted octanol–water partition coefficient (Wildman–Crippen LogP) is 1.74. The molecular formula is C19H17NO6S. The number of fused-ring (bicyclic) bond motifs is 1. The number of hydrogen-bond donors (Lipinski definition) is 1. The molecule has 0 aliphatic carbocycles. The van der Waals surface area contributed by atoms with Crippen molar-refractivity contribution >= 4 is 27.7 Å². The van der Waals surface area contributed by atoms with E-state index in [1.807, 2.05) is 0 Å². The number of hydrogen-bond acceptors (Lipinski definition) is 5. The minimum Gasteiger partial charge on any atom is -0.299 e.